The molecular weight excluding hydrogens is 259 g/mol. The van der Waals surface area contributed by atoms with Gasteiger partial charge in [-0.05, 0) is 24.6 Å². The molecule has 5 heteroatoms. The lowest BCUT2D eigenvalue weighted by Gasteiger charge is -1.99. The SMILES string of the molecule is CC.Cc1nnc(Cc2ccc(F)c(Cl)c2)s1. The van der Waals surface area contributed by atoms with Crippen LogP contribution in [0.4, 0.5) is 4.39 Å². The van der Waals surface area contributed by atoms with Gasteiger partial charge >= 0.3 is 0 Å². The second-order valence-electron chi connectivity index (χ2n) is 3.14. The van der Waals surface area contributed by atoms with Crippen LogP contribution in [0.3, 0.4) is 0 Å². The third-order valence-corrected chi connectivity index (χ3v) is 3.04. The molecular formula is C12H14ClFN2S. The first-order chi connectivity index (χ1) is 8.15. The van der Waals surface area contributed by atoms with Gasteiger partial charge in [0.05, 0.1) is 5.02 Å². The minimum atomic E-state index is -0.395. The molecule has 0 aliphatic carbocycles. The maximum absolute atomic E-state index is 12.9. The van der Waals surface area contributed by atoms with E-state index in [4.69, 9.17) is 11.6 Å². The Morgan fingerprint density at radius 2 is 2.00 bits per heavy atom. The van der Waals surface area contributed by atoms with Gasteiger partial charge in [0.2, 0.25) is 0 Å². The Labute approximate surface area is 109 Å². The molecule has 0 aliphatic rings. The number of benzene rings is 1. The van der Waals surface area contributed by atoms with Crippen LogP contribution in [0.5, 0.6) is 0 Å². The first-order valence-corrected chi connectivity index (χ1v) is 6.57. The van der Waals surface area contributed by atoms with E-state index in [2.05, 4.69) is 10.2 Å². The number of aromatic nitrogens is 2. The highest BCUT2D eigenvalue weighted by Gasteiger charge is 2.05. The number of halogens is 2. The molecule has 0 radical (unpaired) electrons. The average Bonchev–Trinajstić information content (AvgIpc) is 2.72. The summed E-state index contributed by atoms with van der Waals surface area (Å²) in [7, 11) is 0. The van der Waals surface area contributed by atoms with E-state index in [1.807, 2.05) is 20.8 Å². The number of nitrogens with zero attached hydrogens (tertiary/aromatic N) is 2. The van der Waals surface area contributed by atoms with Crippen LogP contribution in [-0.2, 0) is 6.42 Å². The van der Waals surface area contributed by atoms with Gasteiger partial charge in [-0.15, -0.1) is 21.5 Å². The Morgan fingerprint density at radius 3 is 2.53 bits per heavy atom. The van der Waals surface area contributed by atoms with Crippen LogP contribution in [0.25, 0.3) is 0 Å². The van der Waals surface area contributed by atoms with Crippen molar-refractivity contribution >= 4 is 22.9 Å². The summed E-state index contributed by atoms with van der Waals surface area (Å²) in [5.41, 5.74) is 0.942. The molecule has 2 nitrogen and oxygen atoms in total. The molecule has 92 valence electrons. The molecule has 0 N–H and O–H groups in total. The Hall–Kier alpha value is -1.00. The molecule has 1 heterocycles. The lowest BCUT2D eigenvalue weighted by Crippen LogP contribution is -1.88. The van der Waals surface area contributed by atoms with Crippen LogP contribution in [0.1, 0.15) is 29.4 Å². The molecule has 1 aromatic carbocycles. The van der Waals surface area contributed by atoms with Crippen LogP contribution in [-0.4, -0.2) is 10.2 Å². The van der Waals surface area contributed by atoms with Gasteiger partial charge in [0, 0.05) is 6.42 Å². The summed E-state index contributed by atoms with van der Waals surface area (Å²) in [4.78, 5) is 0. The maximum atomic E-state index is 12.9. The van der Waals surface area contributed by atoms with Gasteiger partial charge in [-0.2, -0.15) is 0 Å². The van der Waals surface area contributed by atoms with Crippen LogP contribution in [0.15, 0.2) is 18.2 Å². The third-order valence-electron chi connectivity index (χ3n) is 1.91. The fourth-order valence-electron chi connectivity index (χ4n) is 1.23. The quantitative estimate of drug-likeness (QED) is 0.816. The minimum absolute atomic E-state index is 0.147. The molecule has 0 bridgehead atoms. The summed E-state index contributed by atoms with van der Waals surface area (Å²) >= 11 is 7.21. The van der Waals surface area contributed by atoms with Crippen molar-refractivity contribution in [2.24, 2.45) is 0 Å². The van der Waals surface area contributed by atoms with E-state index in [1.165, 1.54) is 17.4 Å². The zero-order valence-corrected chi connectivity index (χ0v) is 11.6. The van der Waals surface area contributed by atoms with E-state index in [0.29, 0.717) is 6.42 Å². The summed E-state index contributed by atoms with van der Waals surface area (Å²) in [5, 5.41) is 9.90. The van der Waals surface area contributed by atoms with E-state index in [-0.39, 0.29) is 5.02 Å². The lowest BCUT2D eigenvalue weighted by atomic mass is 10.1. The number of aryl methyl sites for hydroxylation is 1. The molecule has 0 amide bonds. The average molecular weight is 273 g/mol. The zero-order chi connectivity index (χ0) is 12.8. The van der Waals surface area contributed by atoms with Gasteiger partial charge in [0.1, 0.15) is 15.8 Å². The second kappa shape index (κ2) is 6.67. The third kappa shape index (κ3) is 4.06. The fourth-order valence-corrected chi connectivity index (χ4v) is 2.18. The Morgan fingerprint density at radius 1 is 1.29 bits per heavy atom. The lowest BCUT2D eigenvalue weighted by molar-refractivity contribution is 0.627. The minimum Gasteiger partial charge on any atom is -0.205 e. The van der Waals surface area contributed by atoms with Gasteiger partial charge < -0.3 is 0 Å². The number of hydrogen-bond acceptors (Lipinski definition) is 3. The van der Waals surface area contributed by atoms with Gasteiger partial charge in [-0.3, -0.25) is 0 Å². The highest BCUT2D eigenvalue weighted by molar-refractivity contribution is 7.11. The molecule has 0 atom stereocenters. The predicted molar refractivity (Wildman–Crippen MR) is 70.2 cm³/mol. The zero-order valence-electron chi connectivity index (χ0n) is 10.00. The molecule has 17 heavy (non-hydrogen) atoms. The Balaban J connectivity index is 0.000000686. The van der Waals surface area contributed by atoms with Crippen LogP contribution in [0, 0.1) is 12.7 Å². The molecule has 0 spiro atoms. The summed E-state index contributed by atoms with van der Waals surface area (Å²) in [6, 6.07) is 4.69. The highest BCUT2D eigenvalue weighted by atomic mass is 35.5. The Kier molecular flexibility index (Phi) is 5.51. The summed E-state index contributed by atoms with van der Waals surface area (Å²) in [6.07, 6.45) is 0.644. The van der Waals surface area contributed by atoms with Crippen molar-refractivity contribution in [2.45, 2.75) is 27.2 Å². The van der Waals surface area contributed by atoms with Gasteiger partial charge in [-0.1, -0.05) is 31.5 Å². The van der Waals surface area contributed by atoms with Crippen molar-refractivity contribution in [3.05, 3.63) is 44.6 Å². The van der Waals surface area contributed by atoms with Crippen molar-refractivity contribution in [3.8, 4) is 0 Å². The molecule has 0 unspecified atom stereocenters. The molecule has 1 aromatic heterocycles. The molecule has 0 fully saturated rings. The first kappa shape index (κ1) is 14.1. The van der Waals surface area contributed by atoms with E-state index >= 15 is 0 Å². The molecule has 0 aliphatic heterocycles. The van der Waals surface area contributed by atoms with Crippen molar-refractivity contribution in [2.75, 3.05) is 0 Å². The normalized spacial score (nSPS) is 9.71. The van der Waals surface area contributed by atoms with E-state index < -0.39 is 5.82 Å². The number of rotatable bonds is 2. The van der Waals surface area contributed by atoms with Crippen molar-refractivity contribution < 1.29 is 4.39 Å². The van der Waals surface area contributed by atoms with Gasteiger partial charge in [0.15, 0.2) is 0 Å². The van der Waals surface area contributed by atoms with Gasteiger partial charge in [-0.25, -0.2) is 4.39 Å². The summed E-state index contributed by atoms with van der Waals surface area (Å²) in [6.45, 7) is 5.90. The van der Waals surface area contributed by atoms with Crippen LogP contribution in [0.2, 0.25) is 5.02 Å². The largest absolute Gasteiger partial charge is 0.205 e. The topological polar surface area (TPSA) is 25.8 Å². The van der Waals surface area contributed by atoms with Crippen molar-refractivity contribution in [1.82, 2.24) is 10.2 Å². The summed E-state index contributed by atoms with van der Waals surface area (Å²) < 4.78 is 12.9. The Bertz CT molecular complexity index is 485. The molecule has 2 aromatic rings. The maximum Gasteiger partial charge on any atom is 0.141 e. The second-order valence-corrected chi connectivity index (χ2v) is 4.81. The standard InChI is InChI=1S/C10H8ClFN2S.C2H6/c1-6-13-14-10(15-6)5-7-2-3-9(12)8(11)4-7;1-2/h2-4H,5H2,1H3;1-2H3. The number of hydrogen-bond donors (Lipinski definition) is 0. The predicted octanol–water partition coefficient (Wildman–Crippen LogP) is 4.26. The molecule has 2 rings (SSSR count). The van der Waals surface area contributed by atoms with E-state index in [9.17, 15) is 4.39 Å². The summed E-state index contributed by atoms with van der Waals surface area (Å²) in [5.74, 6) is -0.395. The van der Waals surface area contributed by atoms with Crippen LogP contribution >= 0.6 is 22.9 Å². The van der Waals surface area contributed by atoms with Gasteiger partial charge in [0.25, 0.3) is 0 Å². The molecule has 0 saturated heterocycles. The monoisotopic (exact) mass is 272 g/mol. The van der Waals surface area contributed by atoms with Crippen molar-refractivity contribution in [3.63, 3.8) is 0 Å². The van der Waals surface area contributed by atoms with Crippen molar-refractivity contribution in [1.29, 1.82) is 0 Å². The fraction of sp³-hybridized carbons (Fsp3) is 0.333. The highest BCUT2D eigenvalue weighted by Crippen LogP contribution is 2.19. The molecule has 0 saturated carbocycles. The van der Waals surface area contributed by atoms with E-state index in [1.54, 1.807) is 12.1 Å². The first-order valence-electron chi connectivity index (χ1n) is 5.38. The van der Waals surface area contributed by atoms with Crippen LogP contribution < -0.4 is 0 Å². The van der Waals surface area contributed by atoms with E-state index in [0.717, 1.165) is 15.6 Å². The smallest absolute Gasteiger partial charge is 0.141 e.